The van der Waals surface area contributed by atoms with Crippen LogP contribution in [-0.4, -0.2) is 12.1 Å². The van der Waals surface area contributed by atoms with Crippen molar-refractivity contribution in [2.45, 2.75) is 58.0 Å². The summed E-state index contributed by atoms with van der Waals surface area (Å²) in [5, 5.41) is 3.77. The van der Waals surface area contributed by atoms with E-state index in [2.05, 4.69) is 19.2 Å². The molecule has 4 atom stereocenters. The van der Waals surface area contributed by atoms with Crippen LogP contribution in [0.2, 0.25) is 0 Å². The van der Waals surface area contributed by atoms with E-state index in [0.29, 0.717) is 0 Å². The quantitative estimate of drug-likeness (QED) is 0.666. The molecule has 70 valence electrons. The molecule has 0 saturated heterocycles. The minimum absolute atomic E-state index is 0.851. The van der Waals surface area contributed by atoms with Crippen LogP contribution in [0.3, 0.4) is 0 Å². The molecule has 2 saturated carbocycles. The number of hydrogen-bond acceptors (Lipinski definition) is 1. The first kappa shape index (κ1) is 8.55. The van der Waals surface area contributed by atoms with Gasteiger partial charge in [-0.15, -0.1) is 0 Å². The normalized spacial score (nSPS) is 47.5. The van der Waals surface area contributed by atoms with E-state index >= 15 is 0 Å². The molecule has 0 aliphatic heterocycles. The van der Waals surface area contributed by atoms with Gasteiger partial charge < -0.3 is 5.32 Å². The predicted molar refractivity (Wildman–Crippen MR) is 52.1 cm³/mol. The highest BCUT2D eigenvalue weighted by Crippen LogP contribution is 2.32. The third kappa shape index (κ3) is 2.01. The largest absolute Gasteiger partial charge is 0.311 e. The summed E-state index contributed by atoms with van der Waals surface area (Å²) in [7, 11) is 0. The molecule has 2 unspecified atom stereocenters. The standard InChI is InChI=1S/C11H21N/c1-8-4-3-5-10(6-8)12-11-7-9(11)2/h8-12H,3-7H2,1-2H3/t8?,9-,10?,11-/m1/s1. The fraction of sp³-hybridized carbons (Fsp3) is 1.00. The van der Waals surface area contributed by atoms with Crippen LogP contribution in [0, 0.1) is 11.8 Å². The molecule has 2 rings (SSSR count). The molecule has 0 amide bonds. The van der Waals surface area contributed by atoms with E-state index in [-0.39, 0.29) is 0 Å². The van der Waals surface area contributed by atoms with E-state index in [1.165, 1.54) is 32.1 Å². The van der Waals surface area contributed by atoms with Gasteiger partial charge in [0.2, 0.25) is 0 Å². The number of rotatable bonds is 2. The second-order valence-corrected chi connectivity index (χ2v) is 4.95. The van der Waals surface area contributed by atoms with Crippen LogP contribution in [0.15, 0.2) is 0 Å². The van der Waals surface area contributed by atoms with Gasteiger partial charge in [-0.05, 0) is 31.1 Å². The molecule has 0 spiro atoms. The lowest BCUT2D eigenvalue weighted by molar-refractivity contribution is 0.297. The highest BCUT2D eigenvalue weighted by Gasteiger charge is 2.34. The van der Waals surface area contributed by atoms with Gasteiger partial charge in [0.25, 0.3) is 0 Å². The van der Waals surface area contributed by atoms with E-state index in [4.69, 9.17) is 0 Å². The van der Waals surface area contributed by atoms with Crippen LogP contribution >= 0.6 is 0 Å². The lowest BCUT2D eigenvalue weighted by Crippen LogP contribution is -2.35. The van der Waals surface area contributed by atoms with Crippen molar-refractivity contribution in [3.05, 3.63) is 0 Å². The van der Waals surface area contributed by atoms with E-state index < -0.39 is 0 Å². The summed E-state index contributed by atoms with van der Waals surface area (Å²) in [4.78, 5) is 0. The molecule has 0 radical (unpaired) electrons. The smallest absolute Gasteiger partial charge is 0.00989 e. The second kappa shape index (κ2) is 3.37. The summed E-state index contributed by atoms with van der Waals surface area (Å²) in [5.74, 6) is 1.92. The first-order valence-corrected chi connectivity index (χ1v) is 5.51. The molecular formula is C11H21N. The topological polar surface area (TPSA) is 12.0 Å². The minimum Gasteiger partial charge on any atom is -0.311 e. The van der Waals surface area contributed by atoms with Crippen molar-refractivity contribution >= 4 is 0 Å². The zero-order valence-electron chi connectivity index (χ0n) is 8.34. The molecule has 2 aliphatic rings. The highest BCUT2D eigenvalue weighted by atomic mass is 15.0. The van der Waals surface area contributed by atoms with E-state index in [0.717, 1.165) is 23.9 Å². The van der Waals surface area contributed by atoms with Gasteiger partial charge in [-0.2, -0.15) is 0 Å². The van der Waals surface area contributed by atoms with Gasteiger partial charge in [0.05, 0.1) is 0 Å². The zero-order chi connectivity index (χ0) is 8.55. The van der Waals surface area contributed by atoms with Crippen LogP contribution in [0.25, 0.3) is 0 Å². The molecule has 1 heteroatoms. The van der Waals surface area contributed by atoms with Gasteiger partial charge in [0.1, 0.15) is 0 Å². The summed E-state index contributed by atoms with van der Waals surface area (Å²) in [6, 6.07) is 1.73. The maximum Gasteiger partial charge on any atom is 0.00989 e. The number of hydrogen-bond donors (Lipinski definition) is 1. The Morgan fingerprint density at radius 2 is 1.83 bits per heavy atom. The molecule has 0 aromatic rings. The lowest BCUT2D eigenvalue weighted by atomic mass is 9.87. The van der Waals surface area contributed by atoms with E-state index in [1.807, 2.05) is 0 Å². The molecule has 0 heterocycles. The summed E-state index contributed by atoms with van der Waals surface area (Å²) in [5.41, 5.74) is 0. The Bertz CT molecular complexity index is 155. The molecule has 0 aromatic heterocycles. The Labute approximate surface area is 75.9 Å². The van der Waals surface area contributed by atoms with Gasteiger partial charge in [0.15, 0.2) is 0 Å². The van der Waals surface area contributed by atoms with Crippen LogP contribution in [-0.2, 0) is 0 Å². The van der Waals surface area contributed by atoms with E-state index in [9.17, 15) is 0 Å². The average molecular weight is 167 g/mol. The van der Waals surface area contributed by atoms with Crippen LogP contribution in [0.1, 0.15) is 46.0 Å². The van der Waals surface area contributed by atoms with Gasteiger partial charge in [-0.1, -0.05) is 26.7 Å². The number of nitrogens with one attached hydrogen (secondary N) is 1. The van der Waals surface area contributed by atoms with Crippen molar-refractivity contribution in [2.24, 2.45) is 11.8 Å². The Morgan fingerprint density at radius 1 is 1.08 bits per heavy atom. The molecule has 0 bridgehead atoms. The minimum atomic E-state index is 0.851. The van der Waals surface area contributed by atoms with Crippen molar-refractivity contribution in [3.8, 4) is 0 Å². The lowest BCUT2D eigenvalue weighted by Gasteiger charge is -2.27. The first-order chi connectivity index (χ1) is 5.75. The van der Waals surface area contributed by atoms with Crippen LogP contribution in [0.4, 0.5) is 0 Å². The average Bonchev–Trinajstić information content (AvgIpc) is 2.66. The second-order valence-electron chi connectivity index (χ2n) is 4.95. The Morgan fingerprint density at radius 3 is 2.42 bits per heavy atom. The Kier molecular flexibility index (Phi) is 2.40. The predicted octanol–water partition coefficient (Wildman–Crippen LogP) is 2.56. The molecule has 1 N–H and O–H groups in total. The van der Waals surface area contributed by atoms with Crippen molar-refractivity contribution < 1.29 is 0 Å². The summed E-state index contributed by atoms with van der Waals surface area (Å²) >= 11 is 0. The van der Waals surface area contributed by atoms with Crippen molar-refractivity contribution in [2.75, 3.05) is 0 Å². The molecule has 12 heavy (non-hydrogen) atoms. The molecule has 1 nitrogen and oxygen atoms in total. The van der Waals surface area contributed by atoms with Crippen LogP contribution < -0.4 is 5.32 Å². The monoisotopic (exact) mass is 167 g/mol. The maximum atomic E-state index is 3.77. The molecule has 0 aromatic carbocycles. The third-order valence-electron chi connectivity index (χ3n) is 3.50. The summed E-state index contributed by atoms with van der Waals surface area (Å²) in [6.07, 6.45) is 7.17. The zero-order valence-corrected chi connectivity index (χ0v) is 8.34. The third-order valence-corrected chi connectivity index (χ3v) is 3.50. The van der Waals surface area contributed by atoms with Crippen molar-refractivity contribution in [1.29, 1.82) is 0 Å². The molecular weight excluding hydrogens is 146 g/mol. The van der Waals surface area contributed by atoms with Gasteiger partial charge in [-0.3, -0.25) is 0 Å². The first-order valence-electron chi connectivity index (χ1n) is 5.51. The fourth-order valence-electron chi connectivity index (χ4n) is 2.44. The van der Waals surface area contributed by atoms with Crippen molar-refractivity contribution in [3.63, 3.8) is 0 Å². The Hall–Kier alpha value is -0.0400. The summed E-state index contributed by atoms with van der Waals surface area (Å²) < 4.78 is 0. The van der Waals surface area contributed by atoms with E-state index in [1.54, 1.807) is 0 Å². The highest BCUT2D eigenvalue weighted by molar-refractivity contribution is 4.92. The Balaban J connectivity index is 1.72. The molecule has 2 fully saturated rings. The maximum absolute atomic E-state index is 3.77. The van der Waals surface area contributed by atoms with Gasteiger partial charge >= 0.3 is 0 Å². The fourth-order valence-corrected chi connectivity index (χ4v) is 2.44. The van der Waals surface area contributed by atoms with Gasteiger partial charge in [0, 0.05) is 12.1 Å². The van der Waals surface area contributed by atoms with Gasteiger partial charge in [-0.25, -0.2) is 0 Å². The SMILES string of the molecule is CC1CCCC(N[C@@H]2C[C@H]2C)C1. The van der Waals surface area contributed by atoms with Crippen molar-refractivity contribution in [1.82, 2.24) is 5.32 Å². The summed E-state index contributed by atoms with van der Waals surface area (Å²) in [6.45, 7) is 4.74. The molecule has 2 aliphatic carbocycles. The van der Waals surface area contributed by atoms with Crippen LogP contribution in [0.5, 0.6) is 0 Å².